The van der Waals surface area contributed by atoms with E-state index in [2.05, 4.69) is 17.0 Å². The molecule has 8 heteroatoms. The Labute approximate surface area is 151 Å². The molecule has 3 atom stereocenters. The summed E-state index contributed by atoms with van der Waals surface area (Å²) in [5, 5.41) is 7.47. The van der Waals surface area contributed by atoms with Crippen molar-refractivity contribution in [1.29, 1.82) is 0 Å². The van der Waals surface area contributed by atoms with Crippen LogP contribution in [-0.2, 0) is 16.0 Å². The maximum atomic E-state index is 12.9. The van der Waals surface area contributed by atoms with Gasteiger partial charge < -0.3 is 9.47 Å². The minimum Gasteiger partial charge on any atom is -0.375 e. The third-order valence-electron chi connectivity index (χ3n) is 4.64. The van der Waals surface area contributed by atoms with Crippen LogP contribution in [0.2, 0.25) is 0 Å². The number of hydrogen-bond acceptors (Lipinski definition) is 6. The van der Waals surface area contributed by atoms with Gasteiger partial charge in [-0.3, -0.25) is 4.57 Å². The average Bonchev–Trinajstić information content (AvgIpc) is 3.27. The Kier molecular flexibility index (Phi) is 5.41. The number of aromatic nitrogens is 4. The Hall–Kier alpha value is -1.51. The minimum absolute atomic E-state index is 0.0344. The first-order valence-electron chi connectivity index (χ1n) is 8.70. The third kappa shape index (κ3) is 3.56. The van der Waals surface area contributed by atoms with Crippen molar-refractivity contribution in [2.75, 3.05) is 13.7 Å². The van der Waals surface area contributed by atoms with Gasteiger partial charge >= 0.3 is 5.69 Å². The fraction of sp³-hybridized carbons (Fsp3) is 0.706. The topological polar surface area (TPSA) is 71.2 Å². The first-order valence-corrected chi connectivity index (χ1v) is 9.58. The lowest BCUT2D eigenvalue weighted by Gasteiger charge is -2.16. The highest BCUT2D eigenvalue weighted by Crippen LogP contribution is 2.33. The van der Waals surface area contributed by atoms with Crippen molar-refractivity contribution in [2.45, 2.75) is 58.9 Å². The molecular weight excluding hydrogens is 340 g/mol. The van der Waals surface area contributed by atoms with E-state index in [4.69, 9.17) is 9.47 Å². The van der Waals surface area contributed by atoms with Crippen LogP contribution in [0.5, 0.6) is 0 Å². The fourth-order valence-electron chi connectivity index (χ4n) is 3.08. The predicted octanol–water partition coefficient (Wildman–Crippen LogP) is 2.94. The first-order chi connectivity index (χ1) is 11.9. The Bertz CT molecular complexity index is 779. The van der Waals surface area contributed by atoms with Crippen LogP contribution in [0.4, 0.5) is 0 Å². The van der Waals surface area contributed by atoms with E-state index in [1.807, 2.05) is 26.2 Å². The zero-order valence-electron chi connectivity index (χ0n) is 15.4. The molecule has 0 spiro atoms. The Balaban J connectivity index is 1.92. The highest BCUT2D eigenvalue weighted by atomic mass is 32.1. The normalized spacial score (nSPS) is 22.0. The molecule has 7 nitrogen and oxygen atoms in total. The molecule has 1 aliphatic rings. The summed E-state index contributed by atoms with van der Waals surface area (Å²) in [5.41, 5.74) is 0.716. The van der Waals surface area contributed by atoms with Crippen LogP contribution in [0.25, 0.3) is 0 Å². The molecule has 0 saturated carbocycles. The minimum atomic E-state index is -0.115. The first kappa shape index (κ1) is 18.3. The molecule has 0 aliphatic carbocycles. The predicted molar refractivity (Wildman–Crippen MR) is 96.0 cm³/mol. The lowest BCUT2D eigenvalue weighted by molar-refractivity contribution is 0.0825. The third-order valence-corrected chi connectivity index (χ3v) is 5.69. The Morgan fingerprint density at radius 1 is 1.44 bits per heavy atom. The number of rotatable bonds is 6. The lowest BCUT2D eigenvalue weighted by Crippen LogP contribution is -2.28. The van der Waals surface area contributed by atoms with Crippen LogP contribution in [0, 0.1) is 5.92 Å². The highest BCUT2D eigenvalue weighted by molar-refractivity contribution is 7.09. The second-order valence-electron chi connectivity index (χ2n) is 6.87. The molecule has 1 aliphatic heterocycles. The van der Waals surface area contributed by atoms with Gasteiger partial charge in [0.05, 0.1) is 12.2 Å². The van der Waals surface area contributed by atoms with Crippen molar-refractivity contribution >= 4 is 11.3 Å². The van der Waals surface area contributed by atoms with Crippen LogP contribution in [-0.4, -0.2) is 33.0 Å². The van der Waals surface area contributed by atoms with Crippen molar-refractivity contribution < 1.29 is 9.47 Å². The van der Waals surface area contributed by atoms with E-state index in [9.17, 15) is 4.79 Å². The number of thiazole rings is 1. The van der Waals surface area contributed by atoms with E-state index in [1.165, 1.54) is 16.0 Å². The molecule has 0 bridgehead atoms. The smallest absolute Gasteiger partial charge is 0.346 e. The molecule has 1 fully saturated rings. The summed E-state index contributed by atoms with van der Waals surface area (Å²) in [6.07, 6.45) is 0.830. The number of methoxy groups -OCH3 is 1. The lowest BCUT2D eigenvalue weighted by atomic mass is 10.0. The van der Waals surface area contributed by atoms with Crippen LogP contribution in [0.3, 0.4) is 0 Å². The summed E-state index contributed by atoms with van der Waals surface area (Å²) in [7, 11) is 1.66. The summed E-state index contributed by atoms with van der Waals surface area (Å²) in [6, 6.07) is 0.0344. The zero-order valence-corrected chi connectivity index (χ0v) is 16.2. The van der Waals surface area contributed by atoms with Gasteiger partial charge in [0, 0.05) is 25.1 Å². The fourth-order valence-corrected chi connectivity index (χ4v) is 3.92. The summed E-state index contributed by atoms with van der Waals surface area (Å²) in [4.78, 5) is 17.4. The second-order valence-corrected chi connectivity index (χ2v) is 7.76. The largest absolute Gasteiger partial charge is 0.375 e. The zero-order chi connectivity index (χ0) is 18.1. The van der Waals surface area contributed by atoms with E-state index in [1.54, 1.807) is 11.7 Å². The van der Waals surface area contributed by atoms with E-state index >= 15 is 0 Å². The second kappa shape index (κ2) is 7.39. The van der Waals surface area contributed by atoms with Gasteiger partial charge in [0.2, 0.25) is 0 Å². The standard InChI is InChI=1S/C17H26N4O3S/c1-10(2)21-15(14-11(3)6-7-24-14)19-20(17(21)22)8-13-9-25-16(18-13)12(4)23-5/h9-12,14H,6-8H2,1-5H3/t11-,12+,14+/m1/s1. The summed E-state index contributed by atoms with van der Waals surface area (Å²) in [5.74, 6) is 1.09. The van der Waals surface area contributed by atoms with Gasteiger partial charge in [-0.15, -0.1) is 11.3 Å². The van der Waals surface area contributed by atoms with E-state index < -0.39 is 0 Å². The van der Waals surface area contributed by atoms with E-state index in [-0.39, 0.29) is 23.9 Å². The molecule has 0 N–H and O–H groups in total. The number of hydrogen-bond donors (Lipinski definition) is 0. The van der Waals surface area contributed by atoms with Crippen LogP contribution in [0.15, 0.2) is 10.2 Å². The summed E-state index contributed by atoms with van der Waals surface area (Å²) >= 11 is 1.54. The maximum absolute atomic E-state index is 12.9. The Morgan fingerprint density at radius 2 is 2.20 bits per heavy atom. The van der Waals surface area contributed by atoms with Crippen molar-refractivity contribution in [3.63, 3.8) is 0 Å². The molecule has 25 heavy (non-hydrogen) atoms. The molecule has 3 heterocycles. The van der Waals surface area contributed by atoms with Crippen molar-refractivity contribution in [1.82, 2.24) is 19.3 Å². The number of nitrogens with zero attached hydrogens (tertiary/aromatic N) is 4. The quantitative estimate of drug-likeness (QED) is 0.786. The van der Waals surface area contributed by atoms with Crippen LogP contribution in [0.1, 0.15) is 68.9 Å². The van der Waals surface area contributed by atoms with Crippen molar-refractivity contribution in [3.8, 4) is 0 Å². The van der Waals surface area contributed by atoms with E-state index in [0.29, 0.717) is 12.5 Å². The molecule has 2 aromatic rings. The molecule has 0 unspecified atom stereocenters. The molecule has 3 rings (SSSR count). The van der Waals surface area contributed by atoms with Crippen LogP contribution >= 0.6 is 11.3 Å². The summed E-state index contributed by atoms with van der Waals surface area (Å²) in [6.45, 7) is 9.17. The van der Waals surface area contributed by atoms with Gasteiger partial charge in [0.25, 0.3) is 0 Å². The van der Waals surface area contributed by atoms with Gasteiger partial charge in [-0.1, -0.05) is 6.92 Å². The van der Waals surface area contributed by atoms with Crippen molar-refractivity contribution in [3.05, 3.63) is 32.4 Å². The van der Waals surface area contributed by atoms with Crippen LogP contribution < -0.4 is 5.69 Å². The van der Waals surface area contributed by atoms with Gasteiger partial charge in [-0.25, -0.2) is 14.5 Å². The average molecular weight is 366 g/mol. The molecule has 2 aromatic heterocycles. The summed E-state index contributed by atoms with van der Waals surface area (Å²) < 4.78 is 14.4. The molecular formula is C17H26N4O3S. The molecule has 138 valence electrons. The monoisotopic (exact) mass is 366 g/mol. The molecule has 0 radical (unpaired) electrons. The van der Waals surface area contributed by atoms with Gasteiger partial charge in [0.1, 0.15) is 17.2 Å². The van der Waals surface area contributed by atoms with Gasteiger partial charge in [-0.2, -0.15) is 5.10 Å². The number of ether oxygens (including phenoxy) is 2. The Morgan fingerprint density at radius 3 is 2.80 bits per heavy atom. The molecule has 1 saturated heterocycles. The van der Waals surface area contributed by atoms with Gasteiger partial charge in [-0.05, 0) is 33.1 Å². The highest BCUT2D eigenvalue weighted by Gasteiger charge is 2.32. The molecule has 0 amide bonds. The van der Waals surface area contributed by atoms with Gasteiger partial charge in [0.15, 0.2) is 5.82 Å². The SMILES string of the molecule is CO[C@@H](C)c1nc(Cn2nc([C@H]3OCC[C@H]3C)n(C(C)C)c2=O)cs1. The maximum Gasteiger partial charge on any atom is 0.346 e. The van der Waals surface area contributed by atoms with E-state index in [0.717, 1.165) is 29.6 Å². The molecule has 0 aromatic carbocycles. The van der Waals surface area contributed by atoms with Crippen molar-refractivity contribution in [2.24, 2.45) is 5.92 Å².